The molecule has 3 aromatic carbocycles. The molecule has 2 aromatic heterocycles. The van der Waals surface area contributed by atoms with Crippen molar-refractivity contribution in [3.63, 3.8) is 0 Å². The number of hydrogen-bond donors (Lipinski definition) is 2. The third-order valence-electron chi connectivity index (χ3n) is 5.25. The van der Waals surface area contributed by atoms with Crippen LogP contribution in [0.25, 0.3) is 15.9 Å². The van der Waals surface area contributed by atoms with Crippen LogP contribution in [-0.2, 0) is 11.3 Å². The number of thiazole rings is 1. The third-order valence-corrected chi connectivity index (χ3v) is 7.45. The minimum Gasteiger partial charge on any atom is -0.345 e. The topological polar surface area (TPSA) is 102 Å². The summed E-state index contributed by atoms with van der Waals surface area (Å²) in [5.41, 5.74) is 1.02. The molecule has 5 aromatic rings. The van der Waals surface area contributed by atoms with Crippen molar-refractivity contribution in [3.8, 4) is 5.69 Å². The molecule has 0 spiro atoms. The molecule has 13 heteroatoms. The molecular formula is C25H17ClF2N6O2S2. The van der Waals surface area contributed by atoms with Crippen LogP contribution in [0, 0.1) is 11.6 Å². The number of benzene rings is 3. The zero-order valence-electron chi connectivity index (χ0n) is 19.3. The molecular weight excluding hydrogens is 554 g/mol. The van der Waals surface area contributed by atoms with E-state index in [-0.39, 0.29) is 34.6 Å². The predicted octanol–water partition coefficient (Wildman–Crippen LogP) is 5.47. The highest BCUT2D eigenvalue weighted by Crippen LogP contribution is 2.27. The zero-order chi connectivity index (χ0) is 26.6. The van der Waals surface area contributed by atoms with Crippen molar-refractivity contribution < 1.29 is 18.4 Å². The fourth-order valence-electron chi connectivity index (χ4n) is 3.53. The van der Waals surface area contributed by atoms with E-state index in [1.807, 2.05) is 24.3 Å². The highest BCUT2D eigenvalue weighted by molar-refractivity contribution is 7.99. The SMILES string of the molecule is O=C(CSc1nnc(CNC(=O)c2c(F)cccc2Cl)n1-c1ccc(F)cc1)Nc1nc2ccccc2s1. The number of para-hydroxylation sites is 1. The number of aromatic nitrogens is 4. The summed E-state index contributed by atoms with van der Waals surface area (Å²) in [5.74, 6) is -1.95. The second kappa shape index (κ2) is 11.3. The van der Waals surface area contributed by atoms with Crippen LogP contribution in [0.4, 0.5) is 13.9 Å². The van der Waals surface area contributed by atoms with Gasteiger partial charge in [-0.2, -0.15) is 0 Å². The normalized spacial score (nSPS) is 11.0. The lowest BCUT2D eigenvalue weighted by molar-refractivity contribution is -0.113. The van der Waals surface area contributed by atoms with E-state index in [1.165, 1.54) is 47.7 Å². The van der Waals surface area contributed by atoms with E-state index in [0.29, 0.717) is 16.0 Å². The molecule has 5 rings (SSSR count). The number of halogens is 3. The molecule has 0 aliphatic heterocycles. The number of thioether (sulfide) groups is 1. The van der Waals surface area contributed by atoms with Crippen LogP contribution in [0.2, 0.25) is 5.02 Å². The van der Waals surface area contributed by atoms with Gasteiger partial charge in [-0.05, 0) is 48.5 Å². The molecule has 192 valence electrons. The molecule has 0 atom stereocenters. The Kier molecular flexibility index (Phi) is 7.63. The molecule has 2 heterocycles. The van der Waals surface area contributed by atoms with Gasteiger partial charge in [-0.1, -0.05) is 52.9 Å². The number of amides is 2. The zero-order valence-corrected chi connectivity index (χ0v) is 21.7. The van der Waals surface area contributed by atoms with Crippen molar-refractivity contribution in [3.05, 3.63) is 94.8 Å². The number of hydrogen-bond acceptors (Lipinski definition) is 7. The highest BCUT2D eigenvalue weighted by atomic mass is 35.5. The van der Waals surface area contributed by atoms with E-state index in [4.69, 9.17) is 11.6 Å². The van der Waals surface area contributed by atoms with Gasteiger partial charge in [-0.25, -0.2) is 13.8 Å². The van der Waals surface area contributed by atoms with Crippen LogP contribution in [0.3, 0.4) is 0 Å². The molecule has 0 unspecified atom stereocenters. The first-order chi connectivity index (χ1) is 18.4. The van der Waals surface area contributed by atoms with Crippen LogP contribution in [0.5, 0.6) is 0 Å². The van der Waals surface area contributed by atoms with Crippen LogP contribution < -0.4 is 10.6 Å². The van der Waals surface area contributed by atoms with E-state index in [1.54, 1.807) is 4.57 Å². The van der Waals surface area contributed by atoms with Crippen LogP contribution in [0.15, 0.2) is 71.9 Å². The van der Waals surface area contributed by atoms with Gasteiger partial charge in [0, 0.05) is 5.69 Å². The average Bonchev–Trinajstić information content (AvgIpc) is 3.50. The quantitative estimate of drug-likeness (QED) is 0.240. The van der Waals surface area contributed by atoms with Gasteiger partial charge in [-0.3, -0.25) is 14.2 Å². The molecule has 0 radical (unpaired) electrons. The number of rotatable bonds is 8. The maximum absolute atomic E-state index is 14.1. The molecule has 8 nitrogen and oxygen atoms in total. The summed E-state index contributed by atoms with van der Waals surface area (Å²) < 4.78 is 30.3. The Morgan fingerprint density at radius 1 is 1.00 bits per heavy atom. The first kappa shape index (κ1) is 25.8. The molecule has 0 aliphatic carbocycles. The first-order valence-electron chi connectivity index (χ1n) is 11.1. The standard InChI is InChI=1S/C25H17ClF2N6O2S2/c26-16-4-3-5-17(28)22(16)23(36)29-12-20-32-33-25(34(20)15-10-8-14(27)9-11-15)37-13-21(35)31-24-30-18-6-1-2-7-19(18)38-24/h1-11H,12-13H2,(H,29,36)(H,30,31,35). The first-order valence-corrected chi connectivity index (χ1v) is 13.3. The Balaban J connectivity index is 1.33. The molecule has 0 fully saturated rings. The molecule has 38 heavy (non-hydrogen) atoms. The summed E-state index contributed by atoms with van der Waals surface area (Å²) in [6.07, 6.45) is 0. The smallest absolute Gasteiger partial charge is 0.256 e. The van der Waals surface area contributed by atoms with Gasteiger partial charge in [0.05, 0.1) is 33.1 Å². The van der Waals surface area contributed by atoms with Gasteiger partial charge in [0.2, 0.25) is 5.91 Å². The number of carbonyl (C=O) groups excluding carboxylic acids is 2. The summed E-state index contributed by atoms with van der Waals surface area (Å²) >= 11 is 8.46. The van der Waals surface area contributed by atoms with Gasteiger partial charge < -0.3 is 10.6 Å². The number of carbonyl (C=O) groups is 2. The lowest BCUT2D eigenvalue weighted by Crippen LogP contribution is -2.26. The molecule has 0 aliphatic rings. The Morgan fingerprint density at radius 2 is 1.79 bits per heavy atom. The highest BCUT2D eigenvalue weighted by Gasteiger charge is 2.20. The van der Waals surface area contributed by atoms with Crippen LogP contribution >= 0.6 is 34.7 Å². The maximum Gasteiger partial charge on any atom is 0.256 e. The van der Waals surface area contributed by atoms with E-state index < -0.39 is 17.5 Å². The Labute approximate surface area is 228 Å². The predicted molar refractivity (Wildman–Crippen MR) is 143 cm³/mol. The molecule has 0 saturated carbocycles. The monoisotopic (exact) mass is 570 g/mol. The second-order valence-electron chi connectivity index (χ2n) is 7.81. The third kappa shape index (κ3) is 5.67. The van der Waals surface area contributed by atoms with Crippen molar-refractivity contribution >= 4 is 61.9 Å². The van der Waals surface area contributed by atoms with E-state index in [0.717, 1.165) is 28.0 Å². The summed E-state index contributed by atoms with van der Waals surface area (Å²) in [4.78, 5) is 29.6. The summed E-state index contributed by atoms with van der Waals surface area (Å²) in [6, 6.07) is 17.1. The largest absolute Gasteiger partial charge is 0.345 e. The van der Waals surface area contributed by atoms with Gasteiger partial charge in [0.25, 0.3) is 5.91 Å². The summed E-state index contributed by atoms with van der Waals surface area (Å²) in [7, 11) is 0. The summed E-state index contributed by atoms with van der Waals surface area (Å²) in [6.45, 7) is -0.133. The lowest BCUT2D eigenvalue weighted by atomic mass is 10.2. The van der Waals surface area contributed by atoms with Gasteiger partial charge in [0.1, 0.15) is 11.6 Å². The van der Waals surface area contributed by atoms with Gasteiger partial charge in [-0.15, -0.1) is 10.2 Å². The number of fused-ring (bicyclic) bond motifs is 1. The average molecular weight is 571 g/mol. The van der Waals surface area contributed by atoms with Crippen LogP contribution in [0.1, 0.15) is 16.2 Å². The Morgan fingerprint density at radius 3 is 2.55 bits per heavy atom. The fraction of sp³-hybridized carbons (Fsp3) is 0.0800. The van der Waals surface area contributed by atoms with Crippen molar-refractivity contribution in [2.75, 3.05) is 11.1 Å². The molecule has 2 N–H and O–H groups in total. The Hall–Kier alpha value is -3.87. The van der Waals surface area contributed by atoms with E-state index in [2.05, 4.69) is 25.8 Å². The van der Waals surface area contributed by atoms with Crippen molar-refractivity contribution in [2.45, 2.75) is 11.7 Å². The molecule has 0 saturated heterocycles. The molecule has 2 amide bonds. The van der Waals surface area contributed by atoms with Crippen molar-refractivity contribution in [1.29, 1.82) is 0 Å². The Bertz CT molecular complexity index is 1590. The van der Waals surface area contributed by atoms with Crippen molar-refractivity contribution in [1.82, 2.24) is 25.1 Å². The number of nitrogens with one attached hydrogen (secondary N) is 2. The van der Waals surface area contributed by atoms with Crippen molar-refractivity contribution in [2.24, 2.45) is 0 Å². The van der Waals surface area contributed by atoms with Gasteiger partial charge >= 0.3 is 0 Å². The molecule has 0 bridgehead atoms. The fourth-order valence-corrected chi connectivity index (χ4v) is 5.43. The number of anilines is 1. The minimum atomic E-state index is -0.759. The van der Waals surface area contributed by atoms with E-state index in [9.17, 15) is 18.4 Å². The lowest BCUT2D eigenvalue weighted by Gasteiger charge is -2.11. The van der Waals surface area contributed by atoms with Crippen LogP contribution in [-0.4, -0.2) is 37.3 Å². The number of nitrogens with zero attached hydrogens (tertiary/aromatic N) is 4. The second-order valence-corrected chi connectivity index (χ2v) is 10.2. The van der Waals surface area contributed by atoms with E-state index >= 15 is 0 Å². The minimum absolute atomic E-state index is 0.00749. The maximum atomic E-state index is 14.1. The van der Waals surface area contributed by atoms with Gasteiger partial charge in [0.15, 0.2) is 16.1 Å². The summed E-state index contributed by atoms with van der Waals surface area (Å²) in [5, 5.41) is 14.4.